The SMILES string of the molecule is C=CC(=C)[Si](C)(C)CC[Si](C)(C)N([Si](C)(C)C)[Si](C)(C)C. The molecular weight excluding hydrogens is 319 g/mol. The highest BCUT2D eigenvalue weighted by Gasteiger charge is 2.45. The molecule has 0 N–H and O–H groups in total. The van der Waals surface area contributed by atoms with E-state index in [4.69, 9.17) is 0 Å². The summed E-state index contributed by atoms with van der Waals surface area (Å²) < 4.78 is 3.09. The van der Waals surface area contributed by atoms with Gasteiger partial charge in [0.25, 0.3) is 0 Å². The second kappa shape index (κ2) is 6.82. The third kappa shape index (κ3) is 6.14. The Hall–Kier alpha value is 0.308. The normalized spacial score (nSPS) is 14.4. The fourth-order valence-corrected chi connectivity index (χ4v) is 33.3. The van der Waals surface area contributed by atoms with Gasteiger partial charge in [-0.15, -0.1) is 0 Å². The minimum absolute atomic E-state index is 1.26. The van der Waals surface area contributed by atoms with Gasteiger partial charge in [-0.05, 0) is 6.04 Å². The summed E-state index contributed by atoms with van der Waals surface area (Å²) in [6.07, 6.45) is 2.00. The minimum Gasteiger partial charge on any atom is -0.369 e. The Morgan fingerprint density at radius 2 is 1.19 bits per heavy atom. The number of rotatable bonds is 8. The van der Waals surface area contributed by atoms with Crippen LogP contribution < -0.4 is 0 Å². The Kier molecular flexibility index (Phi) is 6.92. The van der Waals surface area contributed by atoms with Crippen LogP contribution in [0.15, 0.2) is 24.4 Å². The summed E-state index contributed by atoms with van der Waals surface area (Å²) in [6.45, 7) is 33.5. The van der Waals surface area contributed by atoms with E-state index in [1.165, 1.54) is 17.3 Å². The molecule has 124 valence electrons. The first-order valence-corrected chi connectivity index (χ1v) is 21.4. The molecule has 0 aliphatic heterocycles. The van der Waals surface area contributed by atoms with Crippen LogP contribution >= 0.6 is 0 Å². The van der Waals surface area contributed by atoms with Crippen molar-refractivity contribution >= 4 is 32.8 Å². The van der Waals surface area contributed by atoms with Crippen molar-refractivity contribution in [3.05, 3.63) is 24.4 Å². The molecule has 0 aliphatic carbocycles. The molecule has 0 heterocycles. The highest BCUT2D eigenvalue weighted by atomic mass is 28.5. The van der Waals surface area contributed by atoms with E-state index in [0.29, 0.717) is 0 Å². The maximum atomic E-state index is 4.25. The van der Waals surface area contributed by atoms with E-state index in [1.807, 2.05) is 6.08 Å². The quantitative estimate of drug-likeness (QED) is 0.372. The van der Waals surface area contributed by atoms with Crippen molar-refractivity contribution in [1.82, 2.24) is 3.90 Å². The van der Waals surface area contributed by atoms with Crippen molar-refractivity contribution in [2.45, 2.75) is 77.6 Å². The zero-order valence-electron chi connectivity index (χ0n) is 16.4. The molecule has 0 radical (unpaired) electrons. The highest BCUT2D eigenvalue weighted by Crippen LogP contribution is 2.33. The molecule has 0 fully saturated rings. The number of hydrogen-bond acceptors (Lipinski definition) is 1. The molecule has 0 amide bonds. The number of hydrogen-bond donors (Lipinski definition) is 0. The maximum Gasteiger partial charge on any atom is 0.108 e. The lowest BCUT2D eigenvalue weighted by atomic mass is 10.6. The van der Waals surface area contributed by atoms with Crippen LogP contribution in [-0.2, 0) is 0 Å². The van der Waals surface area contributed by atoms with Crippen LogP contribution in [0.5, 0.6) is 0 Å². The predicted octanol–water partition coefficient (Wildman–Crippen LogP) is 6.15. The minimum atomic E-state index is -1.36. The van der Waals surface area contributed by atoms with Gasteiger partial charge in [-0.25, -0.2) is 0 Å². The molecule has 0 saturated carbocycles. The first-order chi connectivity index (χ1) is 9.05. The molecule has 5 heteroatoms. The van der Waals surface area contributed by atoms with Crippen molar-refractivity contribution in [2.75, 3.05) is 0 Å². The molecule has 0 aliphatic rings. The van der Waals surface area contributed by atoms with Gasteiger partial charge in [0.15, 0.2) is 0 Å². The molecule has 0 bridgehead atoms. The van der Waals surface area contributed by atoms with Gasteiger partial charge in [0.05, 0.1) is 8.07 Å². The lowest BCUT2D eigenvalue weighted by Crippen LogP contribution is -2.69. The van der Waals surface area contributed by atoms with Crippen LogP contribution in [0.25, 0.3) is 0 Å². The van der Waals surface area contributed by atoms with Crippen LogP contribution in [-0.4, -0.2) is 36.7 Å². The Balaban J connectivity index is 5.28. The van der Waals surface area contributed by atoms with E-state index < -0.39 is 32.8 Å². The molecule has 0 saturated heterocycles. The summed E-state index contributed by atoms with van der Waals surface area (Å²) in [6, 6.07) is 2.77. The number of nitrogens with zero attached hydrogens (tertiary/aromatic N) is 1. The molecule has 1 nitrogen and oxygen atoms in total. The predicted molar refractivity (Wildman–Crippen MR) is 112 cm³/mol. The van der Waals surface area contributed by atoms with Crippen molar-refractivity contribution in [2.24, 2.45) is 0 Å². The molecule has 0 atom stereocenters. The van der Waals surface area contributed by atoms with Gasteiger partial charge in [0.2, 0.25) is 0 Å². The zero-order chi connectivity index (χ0) is 17.3. The second-order valence-electron chi connectivity index (χ2n) is 9.60. The summed E-state index contributed by atoms with van der Waals surface area (Å²) >= 11 is 0. The van der Waals surface area contributed by atoms with Gasteiger partial charge in [-0.3, -0.25) is 0 Å². The average molecular weight is 358 g/mol. The van der Waals surface area contributed by atoms with Gasteiger partial charge < -0.3 is 3.90 Å². The van der Waals surface area contributed by atoms with E-state index in [9.17, 15) is 0 Å². The van der Waals surface area contributed by atoms with Crippen LogP contribution in [0.4, 0.5) is 0 Å². The third-order valence-corrected chi connectivity index (χ3v) is 25.4. The summed E-state index contributed by atoms with van der Waals surface area (Å²) in [5.74, 6) is 0. The van der Waals surface area contributed by atoms with Crippen molar-refractivity contribution in [1.29, 1.82) is 0 Å². The molecule has 0 rings (SSSR count). The fourth-order valence-electron chi connectivity index (χ4n) is 3.99. The Morgan fingerprint density at radius 3 is 1.48 bits per heavy atom. The average Bonchev–Trinajstić information content (AvgIpc) is 2.20. The molecular formula is C16H39NSi4. The zero-order valence-corrected chi connectivity index (χ0v) is 20.4. The lowest BCUT2D eigenvalue weighted by Gasteiger charge is -2.53. The van der Waals surface area contributed by atoms with Crippen LogP contribution in [0.3, 0.4) is 0 Å². The second-order valence-corrected chi connectivity index (χ2v) is 30.0. The Morgan fingerprint density at radius 1 is 0.810 bits per heavy atom. The molecule has 0 unspecified atom stereocenters. The number of allylic oxidation sites excluding steroid dienone is 2. The molecule has 0 aromatic rings. The van der Waals surface area contributed by atoms with Crippen molar-refractivity contribution in [3.63, 3.8) is 0 Å². The van der Waals surface area contributed by atoms with Gasteiger partial charge in [-0.1, -0.05) is 95.9 Å². The van der Waals surface area contributed by atoms with Crippen molar-refractivity contribution in [3.8, 4) is 0 Å². The van der Waals surface area contributed by atoms with E-state index >= 15 is 0 Å². The smallest absolute Gasteiger partial charge is 0.108 e. The van der Waals surface area contributed by atoms with Crippen molar-refractivity contribution < 1.29 is 0 Å². The lowest BCUT2D eigenvalue weighted by molar-refractivity contribution is 0.878. The standard InChI is InChI=1S/C16H39NSi4/c1-13-16(2)20(9,10)14-15-21(11,12)17(18(3,4)5)19(6,7)8/h13H,1-2,14-15H2,3-12H3. The maximum absolute atomic E-state index is 4.25. The summed E-state index contributed by atoms with van der Waals surface area (Å²) in [7, 11) is -5.23. The summed E-state index contributed by atoms with van der Waals surface area (Å²) in [5, 5.41) is 1.32. The fraction of sp³-hybridized carbons (Fsp3) is 0.750. The summed E-state index contributed by atoms with van der Waals surface area (Å²) in [4.78, 5) is 0. The van der Waals surface area contributed by atoms with Crippen LogP contribution in [0.2, 0.25) is 77.6 Å². The van der Waals surface area contributed by atoms with Gasteiger partial charge in [0.1, 0.15) is 24.7 Å². The molecule has 0 spiro atoms. The monoisotopic (exact) mass is 357 g/mol. The first-order valence-electron chi connectivity index (χ1n) is 8.18. The first kappa shape index (κ1) is 21.3. The van der Waals surface area contributed by atoms with Gasteiger partial charge in [-0.2, -0.15) is 0 Å². The third-order valence-electron chi connectivity index (χ3n) is 4.42. The topological polar surface area (TPSA) is 3.24 Å². The molecule has 0 aromatic heterocycles. The highest BCUT2D eigenvalue weighted by molar-refractivity contribution is 7.04. The Bertz CT molecular complexity index is 372. The van der Waals surface area contributed by atoms with Gasteiger partial charge in [0, 0.05) is 0 Å². The molecule has 21 heavy (non-hydrogen) atoms. The van der Waals surface area contributed by atoms with E-state index in [1.54, 1.807) is 0 Å². The van der Waals surface area contributed by atoms with Crippen LogP contribution in [0.1, 0.15) is 0 Å². The van der Waals surface area contributed by atoms with Crippen LogP contribution in [0, 0.1) is 0 Å². The van der Waals surface area contributed by atoms with E-state index in [-0.39, 0.29) is 0 Å². The molecule has 0 aromatic carbocycles. The largest absolute Gasteiger partial charge is 0.369 e. The summed E-state index contributed by atoms with van der Waals surface area (Å²) in [5.41, 5.74) is 0. The van der Waals surface area contributed by atoms with Gasteiger partial charge >= 0.3 is 0 Å². The van der Waals surface area contributed by atoms with E-state index in [0.717, 1.165) is 0 Å². The Labute approximate surface area is 138 Å². The van der Waals surface area contributed by atoms with E-state index in [2.05, 4.69) is 82.5 Å².